The van der Waals surface area contributed by atoms with Crippen LogP contribution in [-0.2, 0) is 11.2 Å². The van der Waals surface area contributed by atoms with Gasteiger partial charge in [-0.15, -0.1) is 0 Å². The van der Waals surface area contributed by atoms with Crippen LogP contribution in [0.25, 0.3) is 0 Å². The first kappa shape index (κ1) is 13.6. The molecule has 2 N–H and O–H groups in total. The molecule has 0 radical (unpaired) electrons. The lowest BCUT2D eigenvalue weighted by molar-refractivity contribution is -0.526. The van der Waals surface area contributed by atoms with Crippen LogP contribution in [0.15, 0.2) is 24.3 Å². The van der Waals surface area contributed by atoms with Gasteiger partial charge >= 0.3 is 5.97 Å². The van der Waals surface area contributed by atoms with Crippen molar-refractivity contribution in [3.05, 3.63) is 45.5 Å². The van der Waals surface area contributed by atoms with Crippen LogP contribution in [0.4, 0.5) is 0 Å². The van der Waals surface area contributed by atoms with Crippen LogP contribution in [0.1, 0.15) is 22.8 Å². The quantitative estimate of drug-likeness (QED) is 0.454. The Morgan fingerprint density at radius 2 is 2.17 bits per heavy atom. The van der Waals surface area contributed by atoms with Crippen LogP contribution in [0.2, 0.25) is 0 Å². The number of nitrogens with one attached hydrogen (secondary N) is 1. The number of nitro groups is 1. The smallest absolute Gasteiger partial charge is 0.335 e. The van der Waals surface area contributed by atoms with Gasteiger partial charge in [-0.2, -0.15) is 0 Å². The van der Waals surface area contributed by atoms with Crippen molar-refractivity contribution in [2.75, 3.05) is 0 Å². The number of amides is 1. The normalized spacial score (nSPS) is 11.6. The van der Waals surface area contributed by atoms with E-state index in [1.165, 1.54) is 25.1 Å². The number of nitrogens with zero attached hydrogens (tertiary/aromatic N) is 1. The molecule has 0 bridgehead atoms. The van der Waals surface area contributed by atoms with Gasteiger partial charge in [0, 0.05) is 11.8 Å². The Morgan fingerprint density at radius 3 is 2.67 bits per heavy atom. The largest absolute Gasteiger partial charge is 0.478 e. The number of hydrogen-bond donors (Lipinski definition) is 2. The van der Waals surface area contributed by atoms with Crippen LogP contribution >= 0.6 is 0 Å². The lowest BCUT2D eigenvalue weighted by atomic mass is 10.1. The van der Waals surface area contributed by atoms with Gasteiger partial charge in [0.2, 0.25) is 5.91 Å². The van der Waals surface area contributed by atoms with Crippen molar-refractivity contribution in [3.8, 4) is 0 Å². The number of carbonyl (C=O) groups excluding carboxylic acids is 1. The fraction of sp³-hybridized carbons (Fsp3) is 0.273. The highest BCUT2D eigenvalue weighted by molar-refractivity contribution is 5.87. The van der Waals surface area contributed by atoms with E-state index in [0.29, 0.717) is 5.56 Å². The van der Waals surface area contributed by atoms with Gasteiger partial charge in [0.1, 0.15) is 0 Å². The molecule has 96 valence electrons. The van der Waals surface area contributed by atoms with E-state index >= 15 is 0 Å². The van der Waals surface area contributed by atoms with Gasteiger partial charge in [-0.3, -0.25) is 20.2 Å². The first-order chi connectivity index (χ1) is 8.40. The predicted octanol–water partition coefficient (Wildman–Crippen LogP) is 0.666. The third-order valence-electron chi connectivity index (χ3n) is 2.23. The van der Waals surface area contributed by atoms with Gasteiger partial charge < -0.3 is 5.11 Å². The number of hydrogen-bond acceptors (Lipinski definition) is 4. The van der Waals surface area contributed by atoms with E-state index in [-0.39, 0.29) is 12.0 Å². The monoisotopic (exact) mass is 252 g/mol. The molecule has 1 amide bonds. The highest BCUT2D eigenvalue weighted by atomic mass is 16.6. The van der Waals surface area contributed by atoms with Crippen LogP contribution in [0.3, 0.4) is 0 Å². The minimum absolute atomic E-state index is 0.0532. The summed E-state index contributed by atoms with van der Waals surface area (Å²) < 4.78 is 0. The summed E-state index contributed by atoms with van der Waals surface area (Å²) in [6.07, 6.45) is -1.32. The molecule has 1 unspecified atom stereocenters. The molecule has 1 aromatic rings. The van der Waals surface area contributed by atoms with Gasteiger partial charge in [-0.05, 0) is 17.7 Å². The number of rotatable bonds is 5. The van der Waals surface area contributed by atoms with Crippen molar-refractivity contribution in [3.63, 3.8) is 0 Å². The molecule has 1 atom stereocenters. The molecule has 0 aromatic heterocycles. The number of carboxylic acids is 1. The maximum Gasteiger partial charge on any atom is 0.335 e. The summed E-state index contributed by atoms with van der Waals surface area (Å²) >= 11 is 0. The highest BCUT2D eigenvalue weighted by Crippen LogP contribution is 2.08. The minimum atomic E-state index is -1.26. The Labute approximate surface area is 103 Å². The van der Waals surface area contributed by atoms with E-state index in [9.17, 15) is 19.7 Å². The zero-order valence-electron chi connectivity index (χ0n) is 9.62. The first-order valence-electron chi connectivity index (χ1n) is 5.13. The van der Waals surface area contributed by atoms with Crippen molar-refractivity contribution in [2.24, 2.45) is 0 Å². The molecule has 0 heterocycles. The standard InChI is InChI=1S/C11H12N2O5/c1-7(14)12-10(13(17)18)6-8-3-2-4-9(5-8)11(15)16/h2-5,10H,6H2,1H3,(H,12,14)(H,15,16). The molecule has 7 nitrogen and oxygen atoms in total. The lowest BCUT2D eigenvalue weighted by Gasteiger charge is -2.10. The molecule has 18 heavy (non-hydrogen) atoms. The molecule has 0 aliphatic carbocycles. The number of benzene rings is 1. The molecule has 0 fully saturated rings. The van der Waals surface area contributed by atoms with E-state index in [4.69, 9.17) is 5.11 Å². The number of aromatic carboxylic acids is 1. The second-order valence-electron chi connectivity index (χ2n) is 3.71. The fourth-order valence-electron chi connectivity index (χ4n) is 1.47. The van der Waals surface area contributed by atoms with Gasteiger partial charge in [0.05, 0.1) is 12.0 Å². The highest BCUT2D eigenvalue weighted by Gasteiger charge is 2.21. The third-order valence-corrected chi connectivity index (χ3v) is 2.23. The van der Waals surface area contributed by atoms with Crippen LogP contribution in [0.5, 0.6) is 0 Å². The van der Waals surface area contributed by atoms with Crippen LogP contribution < -0.4 is 5.32 Å². The summed E-state index contributed by atoms with van der Waals surface area (Å²) in [5, 5.41) is 21.7. The summed E-state index contributed by atoms with van der Waals surface area (Å²) in [4.78, 5) is 31.7. The van der Waals surface area contributed by atoms with Crippen molar-refractivity contribution in [1.29, 1.82) is 0 Å². The Kier molecular flexibility index (Phi) is 4.36. The van der Waals surface area contributed by atoms with Crippen molar-refractivity contribution in [2.45, 2.75) is 19.5 Å². The maximum absolute atomic E-state index is 10.8. The van der Waals surface area contributed by atoms with Crippen molar-refractivity contribution in [1.82, 2.24) is 5.32 Å². The Bertz CT molecular complexity index is 486. The Morgan fingerprint density at radius 1 is 1.50 bits per heavy atom. The average molecular weight is 252 g/mol. The van der Waals surface area contributed by atoms with E-state index in [2.05, 4.69) is 5.32 Å². The summed E-state index contributed by atoms with van der Waals surface area (Å²) in [5.41, 5.74) is 0.530. The second kappa shape index (κ2) is 5.76. The second-order valence-corrected chi connectivity index (χ2v) is 3.71. The summed E-state index contributed by atoms with van der Waals surface area (Å²) in [7, 11) is 0. The van der Waals surface area contributed by atoms with Crippen molar-refractivity contribution < 1.29 is 19.6 Å². The topological polar surface area (TPSA) is 110 Å². The van der Waals surface area contributed by atoms with E-state index < -0.39 is 23.0 Å². The minimum Gasteiger partial charge on any atom is -0.478 e. The SMILES string of the molecule is CC(=O)NC(Cc1cccc(C(=O)O)c1)[N+](=O)[O-]. The Balaban J connectivity index is 2.86. The average Bonchev–Trinajstić information content (AvgIpc) is 2.27. The molecule has 0 aliphatic heterocycles. The molecule has 0 saturated carbocycles. The molecule has 1 aromatic carbocycles. The van der Waals surface area contributed by atoms with Gasteiger partial charge in [0.15, 0.2) is 0 Å². The molecule has 1 rings (SSSR count). The molecular formula is C11H12N2O5. The van der Waals surface area contributed by atoms with Gasteiger partial charge in [-0.1, -0.05) is 12.1 Å². The van der Waals surface area contributed by atoms with Gasteiger partial charge in [-0.25, -0.2) is 4.79 Å². The summed E-state index contributed by atoms with van der Waals surface area (Å²) in [6, 6.07) is 5.82. The van der Waals surface area contributed by atoms with E-state index in [0.717, 1.165) is 0 Å². The lowest BCUT2D eigenvalue weighted by Crippen LogP contribution is -2.40. The molecule has 0 spiro atoms. The van der Waals surface area contributed by atoms with Crippen LogP contribution in [0, 0.1) is 10.1 Å². The maximum atomic E-state index is 10.8. The predicted molar refractivity (Wildman–Crippen MR) is 61.7 cm³/mol. The molecular weight excluding hydrogens is 240 g/mol. The zero-order valence-corrected chi connectivity index (χ0v) is 9.62. The Hall–Kier alpha value is -2.44. The van der Waals surface area contributed by atoms with Gasteiger partial charge in [0.25, 0.3) is 6.17 Å². The number of carbonyl (C=O) groups is 2. The molecule has 0 saturated heterocycles. The molecule has 7 heteroatoms. The summed E-state index contributed by atoms with van der Waals surface area (Å²) in [6.45, 7) is 1.18. The van der Waals surface area contributed by atoms with E-state index in [1.807, 2.05) is 0 Å². The summed E-state index contributed by atoms with van der Waals surface area (Å²) in [5.74, 6) is -1.61. The zero-order chi connectivity index (χ0) is 13.7. The third kappa shape index (κ3) is 3.85. The fourth-order valence-corrected chi connectivity index (χ4v) is 1.47. The molecule has 0 aliphatic rings. The van der Waals surface area contributed by atoms with E-state index in [1.54, 1.807) is 6.07 Å². The number of carboxylic acid groups (broad SMARTS) is 1. The van der Waals surface area contributed by atoms with Crippen LogP contribution in [-0.4, -0.2) is 28.1 Å². The first-order valence-corrected chi connectivity index (χ1v) is 5.13. The van der Waals surface area contributed by atoms with Crippen molar-refractivity contribution >= 4 is 11.9 Å².